The van der Waals surface area contributed by atoms with Gasteiger partial charge in [0.25, 0.3) is 0 Å². The average molecular weight is 469 g/mol. The fourth-order valence-electron chi connectivity index (χ4n) is 4.31. The van der Waals surface area contributed by atoms with Crippen molar-refractivity contribution in [3.8, 4) is 5.88 Å². The number of morpholine rings is 1. The lowest BCUT2D eigenvalue weighted by Crippen LogP contribution is -2.43. The van der Waals surface area contributed by atoms with E-state index in [0.717, 1.165) is 40.9 Å². The predicted molar refractivity (Wildman–Crippen MR) is 139 cm³/mol. The molecule has 0 bridgehead atoms. The zero-order valence-corrected chi connectivity index (χ0v) is 19.6. The summed E-state index contributed by atoms with van der Waals surface area (Å²) in [6, 6.07) is 25.2. The number of ether oxygens (including phenoxy) is 1. The number of nitrogens with one attached hydrogen (secondary N) is 1. The Balaban J connectivity index is 1.44. The number of carbonyl (C=O) groups is 1. The van der Waals surface area contributed by atoms with Crippen molar-refractivity contribution in [3.05, 3.63) is 90.0 Å². The third-order valence-corrected chi connectivity index (χ3v) is 6.28. The second-order valence-corrected chi connectivity index (χ2v) is 8.58. The lowest BCUT2D eigenvalue weighted by molar-refractivity contribution is -0.120. The molecule has 0 unspecified atom stereocenters. The molecule has 4 aromatic rings. The second kappa shape index (κ2) is 10.1. The molecule has 1 amide bonds. The number of hydrogen-bond acceptors (Lipinski definition) is 5. The van der Waals surface area contributed by atoms with Gasteiger partial charge in [0.05, 0.1) is 36.7 Å². The molecule has 178 valence electrons. The number of rotatable bonds is 6. The summed E-state index contributed by atoms with van der Waals surface area (Å²) < 4.78 is 5.36. The zero-order valence-electron chi connectivity index (χ0n) is 19.6. The summed E-state index contributed by atoms with van der Waals surface area (Å²) >= 11 is 0. The SMILES string of the molecule is CN(C(=O)CN1CCOCC1)c1ccc(N=C(c2ccccc2)c2c(O)[nH]c3ccccc23)cc1. The molecule has 1 aliphatic rings. The minimum absolute atomic E-state index is 0.0387. The van der Waals surface area contributed by atoms with Crippen LogP contribution in [0.1, 0.15) is 11.1 Å². The zero-order chi connectivity index (χ0) is 24.2. The number of H-pyrrole nitrogens is 1. The number of amides is 1. The molecule has 0 saturated carbocycles. The van der Waals surface area contributed by atoms with E-state index in [-0.39, 0.29) is 11.8 Å². The van der Waals surface area contributed by atoms with E-state index in [1.165, 1.54) is 0 Å². The molecule has 35 heavy (non-hydrogen) atoms. The first-order chi connectivity index (χ1) is 17.1. The highest BCUT2D eigenvalue weighted by molar-refractivity contribution is 6.21. The summed E-state index contributed by atoms with van der Waals surface area (Å²) in [6.07, 6.45) is 0. The van der Waals surface area contributed by atoms with Crippen LogP contribution in [0.25, 0.3) is 10.9 Å². The number of para-hydroxylation sites is 1. The van der Waals surface area contributed by atoms with E-state index >= 15 is 0 Å². The van der Waals surface area contributed by atoms with Crippen molar-refractivity contribution in [2.75, 3.05) is 44.8 Å². The maximum Gasteiger partial charge on any atom is 0.240 e. The number of anilines is 1. The second-order valence-electron chi connectivity index (χ2n) is 8.58. The van der Waals surface area contributed by atoms with Crippen LogP contribution in [0.15, 0.2) is 83.9 Å². The van der Waals surface area contributed by atoms with Crippen LogP contribution in [0, 0.1) is 0 Å². The fourth-order valence-corrected chi connectivity index (χ4v) is 4.31. The fraction of sp³-hybridized carbons (Fsp3) is 0.214. The van der Waals surface area contributed by atoms with Gasteiger partial charge in [0, 0.05) is 42.3 Å². The smallest absolute Gasteiger partial charge is 0.240 e. The number of nitrogens with zero attached hydrogens (tertiary/aromatic N) is 3. The average Bonchev–Trinajstić information content (AvgIpc) is 3.23. The highest BCUT2D eigenvalue weighted by atomic mass is 16.5. The van der Waals surface area contributed by atoms with E-state index < -0.39 is 0 Å². The number of likely N-dealkylation sites (N-methyl/N-ethyl adjacent to an activating group) is 1. The Labute approximate surface area is 204 Å². The third-order valence-electron chi connectivity index (χ3n) is 6.28. The maximum absolute atomic E-state index is 12.8. The molecule has 1 aliphatic heterocycles. The largest absolute Gasteiger partial charge is 0.494 e. The molecule has 2 N–H and O–H groups in total. The van der Waals surface area contributed by atoms with E-state index in [1.54, 1.807) is 11.9 Å². The third kappa shape index (κ3) is 4.96. The van der Waals surface area contributed by atoms with E-state index in [9.17, 15) is 9.90 Å². The normalized spacial score (nSPS) is 14.8. The molecule has 0 spiro atoms. The van der Waals surface area contributed by atoms with Gasteiger partial charge in [-0.3, -0.25) is 9.69 Å². The molecule has 7 heteroatoms. The van der Waals surface area contributed by atoms with Crippen LogP contribution in [-0.4, -0.2) is 66.5 Å². The molecule has 7 nitrogen and oxygen atoms in total. The number of fused-ring (bicyclic) bond motifs is 1. The maximum atomic E-state index is 12.8. The number of aliphatic imine (C=N–C) groups is 1. The molecule has 1 saturated heterocycles. The molecule has 5 rings (SSSR count). The minimum Gasteiger partial charge on any atom is -0.494 e. The Morgan fingerprint density at radius 2 is 1.69 bits per heavy atom. The van der Waals surface area contributed by atoms with Crippen LogP contribution in [0.2, 0.25) is 0 Å². The van der Waals surface area contributed by atoms with Crippen molar-refractivity contribution >= 4 is 33.9 Å². The van der Waals surface area contributed by atoms with Crippen molar-refractivity contribution in [1.29, 1.82) is 0 Å². The Kier molecular flexibility index (Phi) is 6.61. The Morgan fingerprint density at radius 1 is 1.00 bits per heavy atom. The Hall–Kier alpha value is -3.94. The summed E-state index contributed by atoms with van der Waals surface area (Å²) in [5, 5.41) is 11.7. The van der Waals surface area contributed by atoms with Crippen LogP contribution in [-0.2, 0) is 9.53 Å². The topological polar surface area (TPSA) is 81.2 Å². The molecule has 2 heterocycles. The summed E-state index contributed by atoms with van der Waals surface area (Å²) in [7, 11) is 1.79. The predicted octanol–water partition coefficient (Wildman–Crippen LogP) is 4.34. The molecular formula is C28H28N4O3. The molecule has 1 aromatic heterocycles. The van der Waals surface area contributed by atoms with Gasteiger partial charge in [0.15, 0.2) is 5.88 Å². The molecule has 0 atom stereocenters. The van der Waals surface area contributed by atoms with Gasteiger partial charge >= 0.3 is 0 Å². The first kappa shape index (κ1) is 22.8. The van der Waals surface area contributed by atoms with Crippen molar-refractivity contribution in [3.63, 3.8) is 0 Å². The van der Waals surface area contributed by atoms with Gasteiger partial charge in [0.2, 0.25) is 5.91 Å². The van der Waals surface area contributed by atoms with Crippen molar-refractivity contribution < 1.29 is 14.6 Å². The number of carbonyl (C=O) groups excluding carboxylic acids is 1. The first-order valence-electron chi connectivity index (χ1n) is 11.7. The van der Waals surface area contributed by atoms with E-state index in [2.05, 4.69) is 9.88 Å². The molecule has 3 aromatic carbocycles. The number of aromatic amines is 1. The number of hydrogen-bond donors (Lipinski definition) is 2. The molecular weight excluding hydrogens is 440 g/mol. The van der Waals surface area contributed by atoms with E-state index in [0.29, 0.717) is 31.0 Å². The van der Waals surface area contributed by atoms with Gasteiger partial charge in [-0.15, -0.1) is 0 Å². The standard InChI is InChI=1S/C28H28N4O3/c1-31(25(33)19-32-15-17-35-18-16-32)22-13-11-21(12-14-22)29-27(20-7-3-2-4-8-20)26-23-9-5-6-10-24(23)30-28(26)34/h2-14,30,34H,15-19H2,1H3. The van der Waals surface area contributed by atoms with E-state index in [1.807, 2.05) is 78.9 Å². The summed E-state index contributed by atoms with van der Waals surface area (Å²) in [6.45, 7) is 3.25. The Morgan fingerprint density at radius 3 is 2.43 bits per heavy atom. The monoisotopic (exact) mass is 468 g/mol. The molecule has 0 radical (unpaired) electrons. The van der Waals surface area contributed by atoms with Gasteiger partial charge in [-0.2, -0.15) is 0 Å². The summed E-state index contributed by atoms with van der Waals surface area (Å²) in [4.78, 5) is 24.5. The van der Waals surface area contributed by atoms with Crippen molar-refractivity contribution in [2.24, 2.45) is 4.99 Å². The lowest BCUT2D eigenvalue weighted by atomic mass is 10.0. The van der Waals surface area contributed by atoms with Gasteiger partial charge in [-0.1, -0.05) is 48.5 Å². The first-order valence-corrected chi connectivity index (χ1v) is 11.7. The summed E-state index contributed by atoms with van der Waals surface area (Å²) in [5.41, 5.74) is 4.61. The van der Waals surface area contributed by atoms with Gasteiger partial charge in [-0.05, 0) is 30.3 Å². The highest BCUT2D eigenvalue weighted by Crippen LogP contribution is 2.31. The van der Waals surface area contributed by atoms with Crippen molar-refractivity contribution in [2.45, 2.75) is 0 Å². The highest BCUT2D eigenvalue weighted by Gasteiger charge is 2.20. The molecule has 0 aliphatic carbocycles. The van der Waals surface area contributed by atoms with Gasteiger partial charge in [-0.25, -0.2) is 4.99 Å². The van der Waals surface area contributed by atoms with Crippen LogP contribution < -0.4 is 4.90 Å². The minimum atomic E-state index is 0.0387. The number of aromatic nitrogens is 1. The quantitative estimate of drug-likeness (QED) is 0.413. The van der Waals surface area contributed by atoms with Crippen LogP contribution in [0.3, 0.4) is 0 Å². The Bertz CT molecular complexity index is 1340. The van der Waals surface area contributed by atoms with Crippen molar-refractivity contribution in [1.82, 2.24) is 9.88 Å². The van der Waals surface area contributed by atoms with Gasteiger partial charge in [0.1, 0.15) is 0 Å². The molecule has 1 fully saturated rings. The van der Waals surface area contributed by atoms with Crippen LogP contribution >= 0.6 is 0 Å². The number of benzene rings is 3. The van der Waals surface area contributed by atoms with Crippen LogP contribution in [0.4, 0.5) is 11.4 Å². The number of aromatic hydroxyl groups is 1. The summed E-state index contributed by atoms with van der Waals surface area (Å²) in [5.74, 6) is 0.121. The van der Waals surface area contributed by atoms with E-state index in [4.69, 9.17) is 9.73 Å². The van der Waals surface area contributed by atoms with Crippen LogP contribution in [0.5, 0.6) is 5.88 Å². The lowest BCUT2D eigenvalue weighted by Gasteiger charge is -2.28. The van der Waals surface area contributed by atoms with Gasteiger partial charge < -0.3 is 19.7 Å².